The summed E-state index contributed by atoms with van der Waals surface area (Å²) in [6.45, 7) is 0.507. The van der Waals surface area contributed by atoms with Gasteiger partial charge in [0.2, 0.25) is 11.1 Å². The standard InChI is InChI=1S/C15H12F3N5OS2/c16-15(17,18)10-3-5-11(6-4-10)19-13(24)9-26-14-20-21-22-23(14)8-12-2-1-7-25-12/h1-7H,8-9H2,(H,19,24). The van der Waals surface area contributed by atoms with Crippen LogP contribution in [-0.2, 0) is 17.5 Å². The summed E-state index contributed by atoms with van der Waals surface area (Å²) in [5.74, 6) is -0.327. The molecule has 136 valence electrons. The van der Waals surface area contributed by atoms with E-state index in [1.165, 1.54) is 12.1 Å². The van der Waals surface area contributed by atoms with Gasteiger partial charge in [0, 0.05) is 10.6 Å². The molecule has 6 nitrogen and oxygen atoms in total. The van der Waals surface area contributed by atoms with Gasteiger partial charge in [0.05, 0.1) is 17.9 Å². The first-order chi connectivity index (χ1) is 12.4. The van der Waals surface area contributed by atoms with Crippen molar-refractivity contribution < 1.29 is 18.0 Å². The second kappa shape index (κ2) is 7.87. The highest BCUT2D eigenvalue weighted by molar-refractivity contribution is 7.99. The van der Waals surface area contributed by atoms with Crippen molar-refractivity contribution in [3.63, 3.8) is 0 Å². The Kier molecular flexibility index (Phi) is 5.57. The van der Waals surface area contributed by atoms with Gasteiger partial charge in [-0.25, -0.2) is 4.68 Å². The number of alkyl halides is 3. The van der Waals surface area contributed by atoms with Crippen LogP contribution in [0.5, 0.6) is 0 Å². The van der Waals surface area contributed by atoms with Crippen LogP contribution in [0.4, 0.5) is 18.9 Å². The number of nitrogens with one attached hydrogen (secondary N) is 1. The van der Waals surface area contributed by atoms with Crippen molar-refractivity contribution in [2.24, 2.45) is 0 Å². The Labute approximate surface area is 154 Å². The first kappa shape index (κ1) is 18.4. The number of rotatable bonds is 6. The van der Waals surface area contributed by atoms with Gasteiger partial charge in [-0.2, -0.15) is 13.2 Å². The molecular weight excluding hydrogens is 387 g/mol. The number of hydrogen-bond acceptors (Lipinski definition) is 6. The topological polar surface area (TPSA) is 72.7 Å². The van der Waals surface area contributed by atoms with E-state index in [2.05, 4.69) is 20.8 Å². The summed E-state index contributed by atoms with van der Waals surface area (Å²) in [6.07, 6.45) is -4.40. The SMILES string of the molecule is O=C(CSc1nnnn1Cc1cccs1)Nc1ccc(C(F)(F)F)cc1. The number of thioether (sulfide) groups is 1. The van der Waals surface area contributed by atoms with Crippen molar-refractivity contribution in [2.75, 3.05) is 11.1 Å². The van der Waals surface area contributed by atoms with Crippen LogP contribution in [-0.4, -0.2) is 31.9 Å². The molecular formula is C15H12F3N5OS2. The fraction of sp³-hybridized carbons (Fsp3) is 0.200. The molecule has 1 N–H and O–H groups in total. The van der Waals surface area contributed by atoms with Crippen molar-refractivity contribution in [3.8, 4) is 0 Å². The Hall–Kier alpha value is -2.40. The fourth-order valence-electron chi connectivity index (χ4n) is 2.02. The minimum absolute atomic E-state index is 0.0336. The van der Waals surface area contributed by atoms with Gasteiger partial charge >= 0.3 is 6.18 Å². The third kappa shape index (κ3) is 4.82. The van der Waals surface area contributed by atoms with Crippen LogP contribution in [0.2, 0.25) is 0 Å². The summed E-state index contributed by atoms with van der Waals surface area (Å²) in [6, 6.07) is 8.15. The molecule has 0 fully saturated rings. The van der Waals surface area contributed by atoms with Gasteiger partial charge in [-0.1, -0.05) is 17.8 Å². The zero-order valence-electron chi connectivity index (χ0n) is 13.1. The van der Waals surface area contributed by atoms with E-state index in [9.17, 15) is 18.0 Å². The van der Waals surface area contributed by atoms with E-state index in [1.807, 2.05) is 17.5 Å². The predicted molar refractivity (Wildman–Crippen MR) is 92.0 cm³/mol. The Balaban J connectivity index is 1.54. The smallest absolute Gasteiger partial charge is 0.325 e. The number of amides is 1. The zero-order valence-corrected chi connectivity index (χ0v) is 14.7. The van der Waals surface area contributed by atoms with Gasteiger partial charge in [0.15, 0.2) is 0 Å². The third-order valence-electron chi connectivity index (χ3n) is 3.21. The number of thiophene rings is 1. The van der Waals surface area contributed by atoms with Crippen molar-refractivity contribution in [2.45, 2.75) is 17.9 Å². The molecule has 1 aromatic carbocycles. The van der Waals surface area contributed by atoms with Gasteiger partial charge in [-0.15, -0.1) is 16.4 Å². The number of halogens is 3. The second-order valence-electron chi connectivity index (χ2n) is 5.11. The Morgan fingerprint density at radius 1 is 1.23 bits per heavy atom. The number of anilines is 1. The molecule has 3 aromatic rings. The highest BCUT2D eigenvalue weighted by atomic mass is 32.2. The van der Waals surface area contributed by atoms with Crippen LogP contribution in [0.25, 0.3) is 0 Å². The molecule has 0 unspecified atom stereocenters. The molecule has 0 bridgehead atoms. The lowest BCUT2D eigenvalue weighted by atomic mass is 10.2. The van der Waals surface area contributed by atoms with Gasteiger partial charge in [0.25, 0.3) is 0 Å². The van der Waals surface area contributed by atoms with Gasteiger partial charge in [-0.05, 0) is 46.1 Å². The summed E-state index contributed by atoms with van der Waals surface area (Å²) < 4.78 is 39.2. The largest absolute Gasteiger partial charge is 0.416 e. The Morgan fingerprint density at radius 2 is 2.00 bits per heavy atom. The van der Waals surface area contributed by atoms with Gasteiger partial charge in [0.1, 0.15) is 0 Å². The maximum Gasteiger partial charge on any atom is 0.416 e. The summed E-state index contributed by atoms with van der Waals surface area (Å²) >= 11 is 2.72. The van der Waals surface area contributed by atoms with Crippen molar-refractivity contribution in [3.05, 3.63) is 52.2 Å². The number of carbonyl (C=O) groups is 1. The molecule has 0 aliphatic carbocycles. The first-order valence-corrected chi connectivity index (χ1v) is 9.17. The van der Waals surface area contributed by atoms with Crippen LogP contribution >= 0.6 is 23.1 Å². The first-order valence-electron chi connectivity index (χ1n) is 7.30. The molecule has 0 aliphatic rings. The molecule has 0 aliphatic heterocycles. The summed E-state index contributed by atoms with van der Waals surface area (Å²) in [5, 5.41) is 16.4. The maximum absolute atomic E-state index is 12.5. The highest BCUT2D eigenvalue weighted by Gasteiger charge is 2.29. The minimum Gasteiger partial charge on any atom is -0.325 e. The Bertz CT molecular complexity index is 862. The van der Waals surface area contributed by atoms with Crippen LogP contribution < -0.4 is 5.32 Å². The summed E-state index contributed by atoms with van der Waals surface area (Å²) in [5.41, 5.74) is -0.473. The van der Waals surface area contributed by atoms with Gasteiger partial charge in [-0.3, -0.25) is 4.79 Å². The molecule has 0 saturated carbocycles. The summed E-state index contributed by atoms with van der Waals surface area (Å²) in [7, 11) is 0. The molecule has 26 heavy (non-hydrogen) atoms. The van der Waals surface area contributed by atoms with Crippen molar-refractivity contribution >= 4 is 34.7 Å². The lowest BCUT2D eigenvalue weighted by molar-refractivity contribution is -0.137. The van der Waals surface area contributed by atoms with E-state index in [0.29, 0.717) is 17.4 Å². The number of tetrazole rings is 1. The second-order valence-corrected chi connectivity index (χ2v) is 7.09. The quantitative estimate of drug-likeness (QED) is 0.642. The monoisotopic (exact) mass is 399 g/mol. The number of hydrogen-bond donors (Lipinski definition) is 1. The molecule has 1 amide bonds. The maximum atomic E-state index is 12.5. The predicted octanol–water partition coefficient (Wildman–Crippen LogP) is 3.53. The fourth-order valence-corrected chi connectivity index (χ4v) is 3.38. The van der Waals surface area contributed by atoms with E-state index in [4.69, 9.17) is 0 Å². The number of carbonyl (C=O) groups excluding carboxylic acids is 1. The highest BCUT2D eigenvalue weighted by Crippen LogP contribution is 2.29. The van der Waals surface area contributed by atoms with E-state index < -0.39 is 11.7 Å². The molecule has 3 rings (SSSR count). The average molecular weight is 399 g/mol. The van der Waals surface area contributed by atoms with Gasteiger partial charge < -0.3 is 5.32 Å². The number of aromatic nitrogens is 4. The third-order valence-corrected chi connectivity index (χ3v) is 5.03. The number of benzene rings is 1. The lowest BCUT2D eigenvalue weighted by Gasteiger charge is -2.08. The van der Waals surface area contributed by atoms with E-state index >= 15 is 0 Å². The molecule has 0 saturated heterocycles. The van der Waals surface area contributed by atoms with E-state index in [0.717, 1.165) is 28.8 Å². The minimum atomic E-state index is -4.40. The van der Waals surface area contributed by atoms with E-state index in [-0.39, 0.29) is 11.7 Å². The average Bonchev–Trinajstić information content (AvgIpc) is 3.25. The van der Waals surface area contributed by atoms with E-state index in [1.54, 1.807) is 16.0 Å². The zero-order chi connectivity index (χ0) is 18.6. The molecule has 2 heterocycles. The normalized spacial score (nSPS) is 11.5. The molecule has 0 radical (unpaired) electrons. The summed E-state index contributed by atoms with van der Waals surface area (Å²) in [4.78, 5) is 13.1. The molecule has 2 aromatic heterocycles. The van der Waals surface area contributed by atoms with Crippen LogP contribution in [0, 0.1) is 0 Å². The Morgan fingerprint density at radius 3 is 2.65 bits per heavy atom. The van der Waals surface area contributed by atoms with Crippen LogP contribution in [0.1, 0.15) is 10.4 Å². The number of nitrogens with zero attached hydrogens (tertiary/aromatic N) is 4. The molecule has 0 atom stereocenters. The van der Waals surface area contributed by atoms with Crippen LogP contribution in [0.15, 0.2) is 46.9 Å². The van der Waals surface area contributed by atoms with Crippen molar-refractivity contribution in [1.82, 2.24) is 20.2 Å². The lowest BCUT2D eigenvalue weighted by Crippen LogP contribution is -2.15. The van der Waals surface area contributed by atoms with Crippen molar-refractivity contribution in [1.29, 1.82) is 0 Å². The molecule has 0 spiro atoms. The molecule has 11 heteroatoms. The van der Waals surface area contributed by atoms with Crippen LogP contribution in [0.3, 0.4) is 0 Å².